The van der Waals surface area contributed by atoms with Crippen LogP contribution >= 0.6 is 0 Å². The van der Waals surface area contributed by atoms with Crippen LogP contribution in [0, 0.1) is 0 Å². The number of likely N-dealkylation sites (N-methyl/N-ethyl adjacent to an activating group) is 1. The summed E-state index contributed by atoms with van der Waals surface area (Å²) in [6, 6.07) is 17.6. The average molecular weight is 338 g/mol. The summed E-state index contributed by atoms with van der Waals surface area (Å²) in [4.78, 5) is 6.47. The second-order valence-electron chi connectivity index (χ2n) is 5.75. The van der Waals surface area contributed by atoms with Gasteiger partial charge in [-0.2, -0.15) is 0 Å². The lowest BCUT2D eigenvalue weighted by molar-refractivity contribution is 0.220. The summed E-state index contributed by atoms with van der Waals surface area (Å²) in [7, 11) is 3.67. The number of rotatable bonds is 8. The fourth-order valence-electron chi connectivity index (χ4n) is 2.42. The molecule has 3 aromatic rings. The molecule has 0 radical (unpaired) electrons. The van der Waals surface area contributed by atoms with Crippen LogP contribution in [0.3, 0.4) is 0 Å². The Kier molecular flexibility index (Phi) is 5.69. The van der Waals surface area contributed by atoms with E-state index in [1.54, 1.807) is 13.3 Å². The largest absolute Gasteiger partial charge is 0.497 e. The Morgan fingerprint density at radius 2 is 1.72 bits per heavy atom. The van der Waals surface area contributed by atoms with Crippen LogP contribution in [-0.2, 0) is 6.54 Å². The molecule has 25 heavy (non-hydrogen) atoms. The van der Waals surface area contributed by atoms with E-state index in [4.69, 9.17) is 13.9 Å². The van der Waals surface area contributed by atoms with Crippen molar-refractivity contribution in [2.75, 3.05) is 27.3 Å². The molecule has 3 rings (SSSR count). The Labute approximate surface area is 147 Å². The monoisotopic (exact) mass is 338 g/mol. The number of hydrogen-bond donors (Lipinski definition) is 0. The van der Waals surface area contributed by atoms with E-state index >= 15 is 0 Å². The average Bonchev–Trinajstić information content (AvgIpc) is 3.11. The van der Waals surface area contributed by atoms with Gasteiger partial charge < -0.3 is 13.9 Å². The van der Waals surface area contributed by atoms with E-state index in [9.17, 15) is 0 Å². The van der Waals surface area contributed by atoms with Crippen molar-refractivity contribution in [3.8, 4) is 22.8 Å². The topological polar surface area (TPSA) is 47.7 Å². The van der Waals surface area contributed by atoms with Crippen molar-refractivity contribution in [2.24, 2.45) is 0 Å². The Morgan fingerprint density at radius 1 is 1.00 bits per heavy atom. The van der Waals surface area contributed by atoms with Crippen molar-refractivity contribution in [3.63, 3.8) is 0 Å². The molecule has 0 aliphatic carbocycles. The third-order valence-corrected chi connectivity index (χ3v) is 3.82. The van der Waals surface area contributed by atoms with Gasteiger partial charge in [0.25, 0.3) is 0 Å². The van der Waals surface area contributed by atoms with Crippen molar-refractivity contribution in [1.82, 2.24) is 9.88 Å². The lowest BCUT2D eigenvalue weighted by Crippen LogP contribution is -2.24. The predicted molar refractivity (Wildman–Crippen MR) is 96.8 cm³/mol. The highest BCUT2D eigenvalue weighted by Gasteiger charge is 2.09. The van der Waals surface area contributed by atoms with Crippen LogP contribution in [0.15, 0.2) is 65.2 Å². The summed E-state index contributed by atoms with van der Waals surface area (Å²) in [6.45, 7) is 2.00. The lowest BCUT2D eigenvalue weighted by atomic mass is 10.2. The van der Waals surface area contributed by atoms with E-state index in [0.717, 1.165) is 29.4 Å². The quantitative estimate of drug-likeness (QED) is 0.624. The van der Waals surface area contributed by atoms with Crippen LogP contribution in [0.25, 0.3) is 11.3 Å². The van der Waals surface area contributed by atoms with E-state index in [1.807, 2.05) is 61.6 Å². The molecule has 0 saturated carbocycles. The van der Waals surface area contributed by atoms with Crippen molar-refractivity contribution in [3.05, 3.63) is 66.7 Å². The van der Waals surface area contributed by atoms with Crippen LogP contribution in [0.4, 0.5) is 0 Å². The zero-order valence-corrected chi connectivity index (χ0v) is 14.5. The van der Waals surface area contributed by atoms with Gasteiger partial charge in [0, 0.05) is 12.1 Å². The van der Waals surface area contributed by atoms with Gasteiger partial charge in [0.1, 0.15) is 18.1 Å². The fourth-order valence-corrected chi connectivity index (χ4v) is 2.42. The van der Waals surface area contributed by atoms with Crippen LogP contribution in [-0.4, -0.2) is 37.2 Å². The van der Waals surface area contributed by atoms with Crippen LogP contribution in [0.2, 0.25) is 0 Å². The third-order valence-electron chi connectivity index (χ3n) is 3.82. The molecule has 2 aromatic carbocycles. The zero-order chi connectivity index (χ0) is 17.5. The molecule has 5 heteroatoms. The van der Waals surface area contributed by atoms with Gasteiger partial charge in [-0.15, -0.1) is 0 Å². The number of aromatic nitrogens is 1. The standard InChI is InChI=1S/C20H22N2O3/c1-22(12-13-24-18-10-8-17(23-2)9-11-18)15-20-21-14-19(25-20)16-6-4-3-5-7-16/h3-11,14H,12-13,15H2,1-2H3. The Hall–Kier alpha value is -2.79. The van der Waals surface area contributed by atoms with E-state index in [1.165, 1.54) is 0 Å². The molecule has 1 aromatic heterocycles. The number of ether oxygens (including phenoxy) is 2. The van der Waals surface area contributed by atoms with Crippen molar-refractivity contribution >= 4 is 0 Å². The molecule has 0 bridgehead atoms. The molecular formula is C20H22N2O3. The predicted octanol–water partition coefficient (Wildman–Crippen LogP) is 3.86. The third kappa shape index (κ3) is 4.84. The van der Waals surface area contributed by atoms with Crippen molar-refractivity contribution in [1.29, 1.82) is 0 Å². The molecule has 1 heterocycles. The minimum Gasteiger partial charge on any atom is -0.497 e. The van der Waals surface area contributed by atoms with E-state index < -0.39 is 0 Å². The van der Waals surface area contributed by atoms with Gasteiger partial charge in [0.2, 0.25) is 5.89 Å². The molecule has 0 fully saturated rings. The summed E-state index contributed by atoms with van der Waals surface area (Å²) in [5.74, 6) is 3.14. The minimum atomic E-state index is 0.592. The lowest BCUT2D eigenvalue weighted by Gasteiger charge is -2.15. The minimum absolute atomic E-state index is 0.592. The highest BCUT2D eigenvalue weighted by Crippen LogP contribution is 2.20. The number of oxazole rings is 1. The first-order valence-corrected chi connectivity index (χ1v) is 8.20. The Bertz CT molecular complexity index is 769. The first kappa shape index (κ1) is 17.0. The van der Waals surface area contributed by atoms with Gasteiger partial charge in [-0.1, -0.05) is 30.3 Å². The SMILES string of the molecule is COc1ccc(OCCN(C)Cc2ncc(-c3ccccc3)o2)cc1. The summed E-state index contributed by atoms with van der Waals surface area (Å²) in [6.07, 6.45) is 1.77. The maximum atomic E-state index is 5.82. The molecule has 0 aliphatic heterocycles. The maximum Gasteiger partial charge on any atom is 0.209 e. The molecule has 0 spiro atoms. The second-order valence-corrected chi connectivity index (χ2v) is 5.75. The zero-order valence-electron chi connectivity index (χ0n) is 14.5. The highest BCUT2D eigenvalue weighted by atomic mass is 16.5. The molecule has 0 unspecified atom stereocenters. The fraction of sp³-hybridized carbons (Fsp3) is 0.250. The normalized spacial score (nSPS) is 10.8. The maximum absolute atomic E-state index is 5.82. The van der Waals surface area contributed by atoms with Gasteiger partial charge in [0.15, 0.2) is 5.76 Å². The van der Waals surface area contributed by atoms with Gasteiger partial charge in [0.05, 0.1) is 19.9 Å². The molecule has 0 amide bonds. The summed E-state index contributed by atoms with van der Waals surface area (Å²) >= 11 is 0. The summed E-state index contributed by atoms with van der Waals surface area (Å²) in [5, 5.41) is 0. The molecule has 0 atom stereocenters. The van der Waals surface area contributed by atoms with Crippen molar-refractivity contribution < 1.29 is 13.9 Å². The number of nitrogens with zero attached hydrogens (tertiary/aromatic N) is 2. The van der Waals surface area contributed by atoms with Gasteiger partial charge in [-0.3, -0.25) is 4.90 Å². The smallest absolute Gasteiger partial charge is 0.209 e. The van der Waals surface area contributed by atoms with Gasteiger partial charge in [-0.05, 0) is 31.3 Å². The van der Waals surface area contributed by atoms with E-state index in [2.05, 4.69) is 9.88 Å². The van der Waals surface area contributed by atoms with Crippen LogP contribution in [0.5, 0.6) is 11.5 Å². The van der Waals surface area contributed by atoms with E-state index in [-0.39, 0.29) is 0 Å². The summed E-state index contributed by atoms with van der Waals surface area (Å²) < 4.78 is 16.7. The van der Waals surface area contributed by atoms with Gasteiger partial charge >= 0.3 is 0 Å². The van der Waals surface area contributed by atoms with Gasteiger partial charge in [-0.25, -0.2) is 4.98 Å². The van der Waals surface area contributed by atoms with Crippen LogP contribution in [0.1, 0.15) is 5.89 Å². The molecule has 0 aliphatic rings. The van der Waals surface area contributed by atoms with Crippen LogP contribution < -0.4 is 9.47 Å². The first-order valence-electron chi connectivity index (χ1n) is 8.20. The number of methoxy groups -OCH3 is 1. The molecule has 5 nitrogen and oxygen atoms in total. The molecule has 0 N–H and O–H groups in total. The molecular weight excluding hydrogens is 316 g/mol. The Morgan fingerprint density at radius 3 is 2.44 bits per heavy atom. The Balaban J connectivity index is 1.46. The first-order chi connectivity index (χ1) is 12.2. The van der Waals surface area contributed by atoms with Crippen molar-refractivity contribution in [2.45, 2.75) is 6.54 Å². The number of hydrogen-bond acceptors (Lipinski definition) is 5. The number of benzene rings is 2. The van der Waals surface area contributed by atoms with E-state index in [0.29, 0.717) is 19.0 Å². The molecule has 130 valence electrons. The highest BCUT2D eigenvalue weighted by molar-refractivity contribution is 5.55. The molecule has 0 saturated heterocycles. The second kappa shape index (κ2) is 8.35. The summed E-state index contributed by atoms with van der Waals surface area (Å²) in [5.41, 5.74) is 1.03.